The fraction of sp³-hybridized carbons (Fsp3) is 0.824. The van der Waals surface area contributed by atoms with Gasteiger partial charge in [0.1, 0.15) is 0 Å². The zero-order valence-corrected chi connectivity index (χ0v) is 14.4. The molecular weight excluding hydrogens is 246 g/mol. The SMILES string of the molecule is CCC(C)n1ccc(CC(CNC(C)(C)C)C(C)C)n1. The van der Waals surface area contributed by atoms with Gasteiger partial charge in [0.25, 0.3) is 0 Å². The van der Waals surface area contributed by atoms with E-state index in [0.29, 0.717) is 17.9 Å². The monoisotopic (exact) mass is 279 g/mol. The second kappa shape index (κ2) is 7.26. The molecule has 0 aromatic carbocycles. The van der Waals surface area contributed by atoms with E-state index in [4.69, 9.17) is 5.10 Å². The number of rotatable bonds is 7. The fourth-order valence-electron chi connectivity index (χ4n) is 2.17. The molecule has 1 N–H and O–H groups in total. The lowest BCUT2D eigenvalue weighted by Gasteiger charge is -2.27. The smallest absolute Gasteiger partial charge is 0.0628 e. The van der Waals surface area contributed by atoms with Gasteiger partial charge in [0, 0.05) is 17.8 Å². The summed E-state index contributed by atoms with van der Waals surface area (Å²) in [6.45, 7) is 16.8. The summed E-state index contributed by atoms with van der Waals surface area (Å²) in [5.41, 5.74) is 1.41. The van der Waals surface area contributed by atoms with Crippen LogP contribution >= 0.6 is 0 Å². The second-order valence-corrected chi connectivity index (χ2v) is 7.38. The molecule has 0 fully saturated rings. The minimum Gasteiger partial charge on any atom is -0.312 e. The van der Waals surface area contributed by atoms with Gasteiger partial charge in [0.15, 0.2) is 0 Å². The van der Waals surface area contributed by atoms with Crippen molar-refractivity contribution in [3.63, 3.8) is 0 Å². The molecule has 0 aliphatic carbocycles. The van der Waals surface area contributed by atoms with Gasteiger partial charge in [-0.1, -0.05) is 20.8 Å². The van der Waals surface area contributed by atoms with Crippen LogP contribution in [0.3, 0.4) is 0 Å². The number of nitrogens with one attached hydrogen (secondary N) is 1. The number of aromatic nitrogens is 2. The molecule has 0 saturated carbocycles. The molecule has 20 heavy (non-hydrogen) atoms. The summed E-state index contributed by atoms with van der Waals surface area (Å²) in [6, 6.07) is 2.67. The van der Waals surface area contributed by atoms with Gasteiger partial charge < -0.3 is 5.32 Å². The third kappa shape index (κ3) is 5.66. The van der Waals surface area contributed by atoms with Crippen LogP contribution in [0.4, 0.5) is 0 Å². The standard InChI is InChI=1S/C17H33N3/c1-8-14(4)20-10-9-16(19-20)11-15(13(2)3)12-18-17(5,6)7/h9-10,13-15,18H,8,11-12H2,1-7H3. The Bertz CT molecular complexity index is 387. The van der Waals surface area contributed by atoms with Gasteiger partial charge in [-0.2, -0.15) is 5.10 Å². The van der Waals surface area contributed by atoms with Crippen molar-refractivity contribution in [1.29, 1.82) is 0 Å². The normalized spacial score (nSPS) is 15.6. The Labute approximate surface area is 125 Å². The summed E-state index contributed by atoms with van der Waals surface area (Å²) in [5, 5.41) is 8.37. The molecule has 1 heterocycles. The average molecular weight is 279 g/mol. The first-order valence-corrected chi connectivity index (χ1v) is 8.02. The first-order valence-electron chi connectivity index (χ1n) is 8.02. The van der Waals surface area contributed by atoms with E-state index >= 15 is 0 Å². The van der Waals surface area contributed by atoms with Gasteiger partial charge >= 0.3 is 0 Å². The van der Waals surface area contributed by atoms with Crippen LogP contribution < -0.4 is 5.32 Å². The van der Waals surface area contributed by atoms with Gasteiger partial charge in [-0.15, -0.1) is 0 Å². The molecular formula is C17H33N3. The van der Waals surface area contributed by atoms with E-state index in [9.17, 15) is 0 Å². The maximum atomic E-state index is 4.74. The van der Waals surface area contributed by atoms with Crippen molar-refractivity contribution in [2.45, 2.75) is 72.9 Å². The highest BCUT2D eigenvalue weighted by Gasteiger charge is 2.19. The summed E-state index contributed by atoms with van der Waals surface area (Å²) in [7, 11) is 0. The average Bonchev–Trinajstić information content (AvgIpc) is 2.80. The molecule has 0 saturated heterocycles. The Kier molecular flexibility index (Phi) is 6.25. The Morgan fingerprint density at radius 1 is 1.25 bits per heavy atom. The van der Waals surface area contributed by atoms with Crippen molar-refractivity contribution in [2.75, 3.05) is 6.54 Å². The maximum Gasteiger partial charge on any atom is 0.0628 e. The van der Waals surface area contributed by atoms with Crippen molar-refractivity contribution >= 4 is 0 Å². The van der Waals surface area contributed by atoms with E-state index in [1.165, 1.54) is 5.69 Å². The van der Waals surface area contributed by atoms with Crippen LogP contribution in [-0.4, -0.2) is 21.9 Å². The molecule has 0 aliphatic heterocycles. The van der Waals surface area contributed by atoms with Crippen molar-refractivity contribution in [3.05, 3.63) is 18.0 Å². The summed E-state index contributed by atoms with van der Waals surface area (Å²) < 4.78 is 2.10. The van der Waals surface area contributed by atoms with Crippen molar-refractivity contribution in [2.24, 2.45) is 11.8 Å². The van der Waals surface area contributed by atoms with Gasteiger partial charge in [-0.05, 0) is 65.0 Å². The zero-order valence-electron chi connectivity index (χ0n) is 14.4. The summed E-state index contributed by atoms with van der Waals surface area (Å²) >= 11 is 0. The lowest BCUT2D eigenvalue weighted by atomic mass is 9.90. The number of nitrogens with zero attached hydrogens (tertiary/aromatic N) is 2. The molecule has 116 valence electrons. The highest BCUT2D eigenvalue weighted by Crippen LogP contribution is 2.18. The first kappa shape index (κ1) is 17.2. The van der Waals surface area contributed by atoms with E-state index in [1.807, 2.05) is 0 Å². The molecule has 1 aromatic heterocycles. The van der Waals surface area contributed by atoms with Crippen LogP contribution in [0, 0.1) is 11.8 Å². The Balaban J connectivity index is 2.64. The molecule has 3 nitrogen and oxygen atoms in total. The molecule has 0 radical (unpaired) electrons. The molecule has 3 heteroatoms. The van der Waals surface area contributed by atoms with E-state index in [1.54, 1.807) is 0 Å². The van der Waals surface area contributed by atoms with E-state index in [2.05, 4.69) is 70.7 Å². The predicted octanol–water partition coefficient (Wildman–Crippen LogP) is 4.06. The predicted molar refractivity (Wildman–Crippen MR) is 87.0 cm³/mol. The van der Waals surface area contributed by atoms with Crippen molar-refractivity contribution in [1.82, 2.24) is 15.1 Å². The van der Waals surface area contributed by atoms with Crippen LogP contribution in [0.5, 0.6) is 0 Å². The molecule has 0 amide bonds. The van der Waals surface area contributed by atoms with Gasteiger partial charge in [0.2, 0.25) is 0 Å². The third-order valence-corrected chi connectivity index (χ3v) is 4.01. The van der Waals surface area contributed by atoms with Crippen LogP contribution in [0.25, 0.3) is 0 Å². The van der Waals surface area contributed by atoms with E-state index in [-0.39, 0.29) is 5.54 Å². The molecule has 1 aromatic rings. The van der Waals surface area contributed by atoms with Gasteiger partial charge in [0.05, 0.1) is 5.69 Å². The number of hydrogen-bond acceptors (Lipinski definition) is 2. The van der Waals surface area contributed by atoms with Crippen LogP contribution in [0.15, 0.2) is 12.3 Å². The van der Waals surface area contributed by atoms with Crippen molar-refractivity contribution in [3.8, 4) is 0 Å². The van der Waals surface area contributed by atoms with E-state index in [0.717, 1.165) is 19.4 Å². The molecule has 2 atom stereocenters. The zero-order chi connectivity index (χ0) is 15.3. The Morgan fingerprint density at radius 3 is 2.40 bits per heavy atom. The quantitative estimate of drug-likeness (QED) is 0.816. The lowest BCUT2D eigenvalue weighted by Crippen LogP contribution is -2.40. The second-order valence-electron chi connectivity index (χ2n) is 7.38. The minimum atomic E-state index is 0.184. The van der Waals surface area contributed by atoms with Crippen molar-refractivity contribution < 1.29 is 0 Å². The maximum absolute atomic E-state index is 4.74. The molecule has 0 aliphatic rings. The molecule has 1 rings (SSSR count). The van der Waals surface area contributed by atoms with Gasteiger partial charge in [-0.25, -0.2) is 0 Å². The Morgan fingerprint density at radius 2 is 1.90 bits per heavy atom. The largest absolute Gasteiger partial charge is 0.312 e. The first-order chi connectivity index (χ1) is 9.23. The summed E-state index contributed by atoms with van der Waals surface area (Å²) in [6.07, 6.45) is 4.31. The molecule has 0 spiro atoms. The summed E-state index contributed by atoms with van der Waals surface area (Å²) in [5.74, 6) is 1.30. The highest BCUT2D eigenvalue weighted by atomic mass is 15.3. The van der Waals surface area contributed by atoms with E-state index < -0.39 is 0 Å². The lowest BCUT2D eigenvalue weighted by molar-refractivity contribution is 0.309. The molecule has 2 unspecified atom stereocenters. The fourth-order valence-corrected chi connectivity index (χ4v) is 2.17. The summed E-state index contributed by atoms with van der Waals surface area (Å²) in [4.78, 5) is 0. The van der Waals surface area contributed by atoms with Crippen LogP contribution in [0.2, 0.25) is 0 Å². The van der Waals surface area contributed by atoms with Crippen LogP contribution in [-0.2, 0) is 6.42 Å². The third-order valence-electron chi connectivity index (χ3n) is 4.01. The highest BCUT2D eigenvalue weighted by molar-refractivity contribution is 5.01. The van der Waals surface area contributed by atoms with Crippen LogP contribution in [0.1, 0.15) is 66.6 Å². The Hall–Kier alpha value is -0.830. The minimum absolute atomic E-state index is 0.184. The molecule has 0 bridgehead atoms. The van der Waals surface area contributed by atoms with Gasteiger partial charge in [-0.3, -0.25) is 4.68 Å². The number of hydrogen-bond donors (Lipinski definition) is 1. The topological polar surface area (TPSA) is 29.9 Å².